The molecule has 1 heterocycles. The largest absolute Gasteiger partial charge is 0.479 e. The van der Waals surface area contributed by atoms with Crippen LogP contribution in [-0.2, 0) is 39.3 Å². The van der Waals surface area contributed by atoms with E-state index in [1.807, 2.05) is 0 Å². The monoisotopic (exact) mass is 428 g/mol. The van der Waals surface area contributed by atoms with Crippen molar-refractivity contribution in [3.05, 3.63) is 51.8 Å². The minimum Gasteiger partial charge on any atom is -0.479 e. The summed E-state index contributed by atoms with van der Waals surface area (Å²) in [6.45, 7) is -0.0426. The van der Waals surface area contributed by atoms with E-state index in [0.717, 1.165) is 12.1 Å². The van der Waals surface area contributed by atoms with Gasteiger partial charge in [0.25, 0.3) is 6.43 Å². The van der Waals surface area contributed by atoms with Gasteiger partial charge in [0.1, 0.15) is 11.8 Å². The maximum Gasteiger partial charge on any atom is 0.256 e. The molecule has 0 aliphatic rings. The van der Waals surface area contributed by atoms with Gasteiger partial charge in [-0.25, -0.2) is 17.6 Å². The van der Waals surface area contributed by atoms with Crippen LogP contribution in [0.2, 0.25) is 0 Å². The van der Waals surface area contributed by atoms with E-state index in [4.69, 9.17) is 10.00 Å². The number of aromatic nitrogens is 1. The van der Waals surface area contributed by atoms with Crippen LogP contribution in [0.4, 0.5) is 17.6 Å². The molecule has 0 aliphatic heterocycles. The van der Waals surface area contributed by atoms with Crippen molar-refractivity contribution >= 4 is 0 Å². The molecule has 0 atom stereocenters. The zero-order valence-corrected chi connectivity index (χ0v) is 15.9. The summed E-state index contributed by atoms with van der Waals surface area (Å²) in [5.41, 5.74) is -1.76. The van der Waals surface area contributed by atoms with Crippen LogP contribution in [0.25, 0.3) is 11.3 Å². The normalized spacial score (nSPS) is 10.3. The Morgan fingerprint density at radius 1 is 1.32 bits per heavy atom. The fourth-order valence-corrected chi connectivity index (χ4v) is 2.13. The Balaban J connectivity index is 0.00000312. The SMILES string of the molecule is Cc1c[c-]c(-c2c(F)cc(OCC#N)cc2F)n(CC(F)F)c1=O.[Y]. The topological polar surface area (TPSA) is 55.0 Å². The number of hydrogen-bond donors (Lipinski definition) is 0. The van der Waals surface area contributed by atoms with Crippen LogP contribution < -0.4 is 10.3 Å². The summed E-state index contributed by atoms with van der Waals surface area (Å²) in [5.74, 6) is -2.47. The van der Waals surface area contributed by atoms with E-state index in [1.165, 1.54) is 13.0 Å². The quantitative estimate of drug-likeness (QED) is 0.544. The summed E-state index contributed by atoms with van der Waals surface area (Å²) in [6.07, 6.45) is -2.89. The van der Waals surface area contributed by atoms with Gasteiger partial charge in [0.2, 0.25) is 0 Å². The molecule has 1 aromatic heterocycles. The molecule has 9 heteroatoms. The van der Waals surface area contributed by atoms with Gasteiger partial charge in [-0.3, -0.25) is 4.79 Å². The van der Waals surface area contributed by atoms with E-state index in [9.17, 15) is 22.4 Å². The second-order valence-corrected chi connectivity index (χ2v) is 4.84. The number of ether oxygens (including phenoxy) is 1. The molecule has 129 valence electrons. The number of alkyl halides is 2. The minimum absolute atomic E-state index is 0. The molecule has 0 spiro atoms. The molecule has 0 unspecified atom stereocenters. The Morgan fingerprint density at radius 2 is 1.92 bits per heavy atom. The molecule has 0 bridgehead atoms. The first kappa shape index (κ1) is 21.3. The second kappa shape index (κ2) is 9.11. The Hall–Kier alpha value is -1.72. The molecule has 0 saturated carbocycles. The Morgan fingerprint density at radius 3 is 2.44 bits per heavy atom. The Labute approximate surface area is 165 Å². The third-order valence-electron chi connectivity index (χ3n) is 3.15. The Bertz CT molecular complexity index is 839. The minimum atomic E-state index is -2.89. The summed E-state index contributed by atoms with van der Waals surface area (Å²) in [5, 5.41) is 8.40. The van der Waals surface area contributed by atoms with E-state index in [-0.39, 0.29) is 44.0 Å². The molecule has 25 heavy (non-hydrogen) atoms. The van der Waals surface area contributed by atoms with Gasteiger partial charge in [0.05, 0.1) is 18.2 Å². The molecule has 0 fully saturated rings. The van der Waals surface area contributed by atoms with E-state index < -0.39 is 48.0 Å². The van der Waals surface area contributed by atoms with Crippen molar-refractivity contribution in [1.29, 1.82) is 5.26 Å². The predicted molar refractivity (Wildman–Crippen MR) is 76.7 cm³/mol. The zero-order valence-electron chi connectivity index (χ0n) is 13.0. The second-order valence-electron chi connectivity index (χ2n) is 4.84. The number of rotatable bonds is 5. The van der Waals surface area contributed by atoms with Crippen molar-refractivity contribution in [1.82, 2.24) is 4.57 Å². The molecule has 0 aliphatic carbocycles. The summed E-state index contributed by atoms with van der Waals surface area (Å²) < 4.78 is 59.3. The van der Waals surface area contributed by atoms with Crippen LogP contribution in [0.3, 0.4) is 0 Å². The van der Waals surface area contributed by atoms with Gasteiger partial charge in [0.15, 0.2) is 12.2 Å². The van der Waals surface area contributed by atoms with Crippen molar-refractivity contribution in [2.24, 2.45) is 0 Å². The van der Waals surface area contributed by atoms with Gasteiger partial charge in [-0.2, -0.15) is 17.4 Å². The molecule has 2 aromatic rings. The van der Waals surface area contributed by atoms with Gasteiger partial charge >= 0.3 is 0 Å². The number of aryl methyl sites for hydroxylation is 1. The summed E-state index contributed by atoms with van der Waals surface area (Å²) >= 11 is 0. The van der Waals surface area contributed by atoms with Crippen molar-refractivity contribution in [2.75, 3.05) is 6.61 Å². The van der Waals surface area contributed by atoms with E-state index in [1.54, 1.807) is 6.07 Å². The first-order chi connectivity index (χ1) is 11.3. The number of nitrogens with zero attached hydrogens (tertiary/aromatic N) is 2. The van der Waals surface area contributed by atoms with Crippen molar-refractivity contribution in [3.63, 3.8) is 0 Å². The van der Waals surface area contributed by atoms with Crippen LogP contribution in [-0.4, -0.2) is 17.6 Å². The van der Waals surface area contributed by atoms with Crippen LogP contribution in [0.1, 0.15) is 5.56 Å². The molecular weight excluding hydrogens is 417 g/mol. The van der Waals surface area contributed by atoms with Crippen LogP contribution in [0, 0.1) is 36.0 Å². The maximum absolute atomic E-state index is 14.2. The average molecular weight is 428 g/mol. The molecular formula is C16H11F4N2O2Y-. The summed E-state index contributed by atoms with van der Waals surface area (Å²) in [7, 11) is 0. The molecule has 0 N–H and O–H groups in total. The third-order valence-corrected chi connectivity index (χ3v) is 3.15. The molecule has 0 saturated heterocycles. The average Bonchev–Trinajstić information content (AvgIpc) is 2.51. The number of hydrogen-bond acceptors (Lipinski definition) is 3. The van der Waals surface area contributed by atoms with Gasteiger partial charge in [-0.15, -0.1) is 0 Å². The standard InChI is InChI=1S/C16H11F4N2O2.Y/c1-9-2-3-13(22(16(9)23)8-14(19)20)15-11(17)6-10(7-12(15)18)24-5-4-21;/h2,6-7,14H,5,8H2,1H3;/q-1;. The van der Waals surface area contributed by atoms with Crippen LogP contribution in [0.5, 0.6) is 5.75 Å². The number of benzene rings is 1. The molecule has 2 rings (SSSR count). The number of pyridine rings is 1. The predicted octanol–water partition coefficient (Wildman–Crippen LogP) is 3.07. The molecule has 0 amide bonds. The van der Waals surface area contributed by atoms with Gasteiger partial charge in [-0.1, -0.05) is 18.2 Å². The number of halogens is 4. The maximum atomic E-state index is 14.2. The zero-order chi connectivity index (χ0) is 17.9. The van der Waals surface area contributed by atoms with Crippen molar-refractivity contribution < 1.29 is 55.0 Å². The van der Waals surface area contributed by atoms with E-state index in [2.05, 4.69) is 6.07 Å². The summed E-state index contributed by atoms with van der Waals surface area (Å²) in [4.78, 5) is 12.0. The first-order valence-electron chi connectivity index (χ1n) is 6.74. The smallest absolute Gasteiger partial charge is 0.256 e. The van der Waals surface area contributed by atoms with E-state index in [0.29, 0.717) is 4.57 Å². The van der Waals surface area contributed by atoms with Gasteiger partial charge in [0, 0.05) is 44.8 Å². The summed E-state index contributed by atoms with van der Waals surface area (Å²) in [6, 6.07) is 6.90. The fraction of sp³-hybridized carbons (Fsp3) is 0.250. The molecule has 1 radical (unpaired) electrons. The van der Waals surface area contributed by atoms with Crippen LogP contribution in [0.15, 0.2) is 23.0 Å². The van der Waals surface area contributed by atoms with Crippen molar-refractivity contribution in [2.45, 2.75) is 19.9 Å². The van der Waals surface area contributed by atoms with Crippen LogP contribution >= 0.6 is 0 Å². The third kappa shape index (κ3) is 4.89. The van der Waals surface area contributed by atoms with E-state index >= 15 is 0 Å². The van der Waals surface area contributed by atoms with Gasteiger partial charge in [-0.05, 0) is 5.56 Å². The molecule has 4 nitrogen and oxygen atoms in total. The fourth-order valence-electron chi connectivity index (χ4n) is 2.13. The van der Waals surface area contributed by atoms with Crippen molar-refractivity contribution in [3.8, 4) is 23.1 Å². The first-order valence-corrected chi connectivity index (χ1v) is 6.74. The molecule has 1 aromatic carbocycles. The number of nitriles is 1. The van der Waals surface area contributed by atoms with Gasteiger partial charge < -0.3 is 9.30 Å². The Kier molecular flexibility index (Phi) is 7.77.